The second-order valence-corrected chi connectivity index (χ2v) is 7.73. The van der Waals surface area contributed by atoms with E-state index in [2.05, 4.69) is 27.4 Å². The number of hydrogen-bond acceptors (Lipinski definition) is 3. The summed E-state index contributed by atoms with van der Waals surface area (Å²) in [5.74, 6) is 2.04. The molecule has 0 aliphatic carbocycles. The second-order valence-electron chi connectivity index (χ2n) is 7.73. The molecule has 1 atom stereocenters. The van der Waals surface area contributed by atoms with Crippen molar-refractivity contribution >= 4 is 11.9 Å². The number of nitrogens with one attached hydrogen (secondary N) is 2. The molecule has 1 unspecified atom stereocenters. The van der Waals surface area contributed by atoms with Crippen LogP contribution in [0.3, 0.4) is 0 Å². The Morgan fingerprint density at radius 2 is 1.92 bits per heavy atom. The van der Waals surface area contributed by atoms with Crippen molar-refractivity contribution in [2.24, 2.45) is 16.8 Å². The van der Waals surface area contributed by atoms with Gasteiger partial charge in [-0.3, -0.25) is 9.79 Å². The number of amides is 1. The molecule has 0 saturated carbocycles. The monoisotopic (exact) mass is 351 g/mol. The van der Waals surface area contributed by atoms with Crippen molar-refractivity contribution < 1.29 is 4.79 Å². The fraction of sp³-hybridized carbons (Fsp3) is 0.895. The molecule has 2 aliphatic heterocycles. The van der Waals surface area contributed by atoms with Gasteiger partial charge in [0.1, 0.15) is 0 Å². The normalized spacial score (nSPS) is 23.3. The Morgan fingerprint density at radius 1 is 1.20 bits per heavy atom. The van der Waals surface area contributed by atoms with E-state index in [4.69, 9.17) is 0 Å². The van der Waals surface area contributed by atoms with Gasteiger partial charge >= 0.3 is 0 Å². The van der Waals surface area contributed by atoms with E-state index in [1.165, 1.54) is 38.9 Å². The average molecular weight is 352 g/mol. The molecule has 2 fully saturated rings. The van der Waals surface area contributed by atoms with Gasteiger partial charge in [0.25, 0.3) is 0 Å². The molecule has 6 nitrogen and oxygen atoms in total. The Bertz CT molecular complexity index is 443. The Labute approximate surface area is 153 Å². The van der Waals surface area contributed by atoms with E-state index in [1.807, 2.05) is 25.8 Å². The molecule has 0 aromatic heterocycles. The Kier molecular flexibility index (Phi) is 8.00. The molecular formula is C19H37N5O. The summed E-state index contributed by atoms with van der Waals surface area (Å²) in [6.45, 7) is 12.5. The number of guanidine groups is 1. The molecule has 2 heterocycles. The van der Waals surface area contributed by atoms with Gasteiger partial charge in [-0.25, -0.2) is 0 Å². The van der Waals surface area contributed by atoms with E-state index in [-0.39, 0.29) is 11.8 Å². The van der Waals surface area contributed by atoms with Gasteiger partial charge in [-0.1, -0.05) is 20.8 Å². The summed E-state index contributed by atoms with van der Waals surface area (Å²) in [6.07, 6.45) is 4.84. The average Bonchev–Trinajstić information content (AvgIpc) is 3.09. The lowest BCUT2D eigenvalue weighted by molar-refractivity contribution is -0.133. The summed E-state index contributed by atoms with van der Waals surface area (Å²) in [4.78, 5) is 20.9. The highest BCUT2D eigenvalue weighted by molar-refractivity contribution is 5.81. The van der Waals surface area contributed by atoms with Crippen LogP contribution < -0.4 is 10.6 Å². The predicted octanol–water partition coefficient (Wildman–Crippen LogP) is 1.53. The van der Waals surface area contributed by atoms with Crippen molar-refractivity contribution in [1.82, 2.24) is 20.4 Å². The fourth-order valence-corrected chi connectivity index (χ4v) is 3.82. The van der Waals surface area contributed by atoms with Crippen LogP contribution in [0.15, 0.2) is 4.99 Å². The minimum atomic E-state index is 0.0790. The lowest BCUT2D eigenvalue weighted by Crippen LogP contribution is -2.46. The molecule has 6 heteroatoms. The maximum atomic E-state index is 12.1. The predicted molar refractivity (Wildman–Crippen MR) is 104 cm³/mol. The number of nitrogens with zero attached hydrogens (tertiary/aromatic N) is 3. The molecule has 0 bridgehead atoms. The zero-order chi connectivity index (χ0) is 18.2. The van der Waals surface area contributed by atoms with Gasteiger partial charge in [0.15, 0.2) is 5.96 Å². The first kappa shape index (κ1) is 20.0. The standard InChI is InChI=1S/C19H37N5O/c1-5-23-11-7-16(8-12-23)6-10-21-19(20-4)22-17-9-13-24(14-17)18(25)15(2)3/h15-17H,5-14H2,1-4H3,(H2,20,21,22). The lowest BCUT2D eigenvalue weighted by atomic mass is 9.93. The van der Waals surface area contributed by atoms with Gasteiger partial charge in [0.05, 0.1) is 0 Å². The van der Waals surface area contributed by atoms with Gasteiger partial charge in [0.2, 0.25) is 5.91 Å². The van der Waals surface area contributed by atoms with Gasteiger partial charge in [-0.05, 0) is 51.2 Å². The van der Waals surface area contributed by atoms with Crippen LogP contribution in [0.2, 0.25) is 0 Å². The molecule has 25 heavy (non-hydrogen) atoms. The Morgan fingerprint density at radius 3 is 2.52 bits per heavy atom. The van der Waals surface area contributed by atoms with Crippen molar-refractivity contribution in [2.75, 3.05) is 46.3 Å². The molecule has 2 saturated heterocycles. The molecule has 0 spiro atoms. The van der Waals surface area contributed by atoms with Crippen LogP contribution in [0.5, 0.6) is 0 Å². The quantitative estimate of drug-likeness (QED) is 0.563. The topological polar surface area (TPSA) is 60.0 Å². The van der Waals surface area contributed by atoms with E-state index >= 15 is 0 Å². The first-order valence-corrected chi connectivity index (χ1v) is 10.0. The molecule has 0 aromatic rings. The third-order valence-electron chi connectivity index (χ3n) is 5.56. The third-order valence-corrected chi connectivity index (χ3v) is 5.56. The smallest absolute Gasteiger partial charge is 0.225 e. The number of aliphatic imine (C=N–C) groups is 1. The second kappa shape index (κ2) is 10.00. The molecule has 2 rings (SSSR count). The van der Waals surface area contributed by atoms with Crippen molar-refractivity contribution in [3.63, 3.8) is 0 Å². The maximum absolute atomic E-state index is 12.1. The van der Waals surface area contributed by atoms with Gasteiger partial charge in [-0.15, -0.1) is 0 Å². The molecule has 0 aromatic carbocycles. The zero-order valence-corrected chi connectivity index (χ0v) is 16.6. The summed E-state index contributed by atoms with van der Waals surface area (Å²) in [6, 6.07) is 0.307. The van der Waals surface area contributed by atoms with Crippen LogP contribution in [-0.2, 0) is 4.79 Å². The number of carbonyl (C=O) groups is 1. The highest BCUT2D eigenvalue weighted by atomic mass is 16.2. The molecule has 144 valence electrons. The number of carbonyl (C=O) groups excluding carboxylic acids is 1. The highest BCUT2D eigenvalue weighted by Crippen LogP contribution is 2.19. The maximum Gasteiger partial charge on any atom is 0.225 e. The van der Waals surface area contributed by atoms with Gasteiger partial charge in [0, 0.05) is 38.6 Å². The van der Waals surface area contributed by atoms with E-state index in [0.717, 1.165) is 37.9 Å². The lowest BCUT2D eigenvalue weighted by Gasteiger charge is -2.31. The summed E-state index contributed by atoms with van der Waals surface area (Å²) >= 11 is 0. The van der Waals surface area contributed by atoms with Crippen LogP contribution in [-0.4, -0.2) is 74.0 Å². The van der Waals surface area contributed by atoms with Crippen LogP contribution in [0.25, 0.3) is 0 Å². The SMILES string of the molecule is CCN1CCC(CCNC(=NC)NC2CCN(C(=O)C(C)C)C2)CC1. The molecule has 2 aliphatic rings. The van der Waals surface area contributed by atoms with Crippen LogP contribution in [0.1, 0.15) is 46.5 Å². The zero-order valence-electron chi connectivity index (χ0n) is 16.6. The van der Waals surface area contributed by atoms with E-state index in [9.17, 15) is 4.79 Å². The van der Waals surface area contributed by atoms with Crippen molar-refractivity contribution in [3.8, 4) is 0 Å². The van der Waals surface area contributed by atoms with E-state index in [0.29, 0.717) is 6.04 Å². The first-order valence-electron chi connectivity index (χ1n) is 10.0. The molecule has 0 radical (unpaired) electrons. The van der Waals surface area contributed by atoms with E-state index < -0.39 is 0 Å². The largest absolute Gasteiger partial charge is 0.356 e. The highest BCUT2D eigenvalue weighted by Gasteiger charge is 2.28. The molecule has 1 amide bonds. The number of piperidine rings is 1. The summed E-state index contributed by atoms with van der Waals surface area (Å²) in [5.41, 5.74) is 0. The number of likely N-dealkylation sites (tertiary alicyclic amines) is 2. The first-order chi connectivity index (χ1) is 12.0. The number of hydrogen-bond donors (Lipinski definition) is 2. The van der Waals surface area contributed by atoms with Crippen LogP contribution in [0.4, 0.5) is 0 Å². The van der Waals surface area contributed by atoms with Crippen molar-refractivity contribution in [3.05, 3.63) is 0 Å². The Hall–Kier alpha value is -1.30. The van der Waals surface area contributed by atoms with Crippen molar-refractivity contribution in [1.29, 1.82) is 0 Å². The van der Waals surface area contributed by atoms with Crippen molar-refractivity contribution in [2.45, 2.75) is 52.5 Å². The summed E-state index contributed by atoms with van der Waals surface area (Å²) in [5, 5.41) is 6.94. The van der Waals surface area contributed by atoms with Gasteiger partial charge in [-0.2, -0.15) is 0 Å². The van der Waals surface area contributed by atoms with Gasteiger partial charge < -0.3 is 20.4 Å². The molecular weight excluding hydrogens is 314 g/mol. The molecule has 2 N–H and O–H groups in total. The van der Waals surface area contributed by atoms with E-state index in [1.54, 1.807) is 0 Å². The van der Waals surface area contributed by atoms with Crippen LogP contribution in [0, 0.1) is 11.8 Å². The van der Waals surface area contributed by atoms with Crippen LogP contribution >= 0.6 is 0 Å². The minimum Gasteiger partial charge on any atom is -0.356 e. The number of rotatable bonds is 6. The minimum absolute atomic E-state index is 0.0790. The third kappa shape index (κ3) is 6.17. The summed E-state index contributed by atoms with van der Waals surface area (Å²) in [7, 11) is 1.82. The fourth-order valence-electron chi connectivity index (χ4n) is 3.82. The summed E-state index contributed by atoms with van der Waals surface area (Å²) < 4.78 is 0. The Balaban J connectivity index is 1.65.